The first-order chi connectivity index (χ1) is 35.5. The van der Waals surface area contributed by atoms with E-state index in [4.69, 9.17) is 37.9 Å². The maximum Gasteiger partial charge on any atom is 0.330 e. The Hall–Kier alpha value is -5.98. The van der Waals surface area contributed by atoms with Crippen LogP contribution in [0.15, 0.2) is 123 Å². The fraction of sp³-hybridized carbons (Fsp3) is 0.491. The molecule has 74 heavy (non-hydrogen) atoms. The number of methoxy groups -OCH3 is 4. The van der Waals surface area contributed by atoms with Crippen molar-refractivity contribution in [3.63, 3.8) is 0 Å². The van der Waals surface area contributed by atoms with E-state index in [-0.39, 0.29) is 44.0 Å². The van der Waals surface area contributed by atoms with Gasteiger partial charge in [0, 0.05) is 76.1 Å². The van der Waals surface area contributed by atoms with E-state index >= 15 is 4.57 Å². The normalized spacial score (nSPS) is 22.2. The van der Waals surface area contributed by atoms with Gasteiger partial charge in [-0.3, -0.25) is 28.7 Å². The molecule has 398 valence electrons. The molecule has 21 heteroatoms. The van der Waals surface area contributed by atoms with Crippen molar-refractivity contribution in [2.24, 2.45) is 0 Å². The average Bonchev–Trinajstić information content (AvgIpc) is 3.93. The number of nitrogens with zero attached hydrogens (tertiary/aromatic N) is 5. The topological polar surface area (TPSA) is 231 Å². The predicted octanol–water partition coefficient (Wildman–Crippen LogP) is 4.93. The molecule has 2 aromatic heterocycles. The van der Waals surface area contributed by atoms with Crippen LogP contribution in [0.1, 0.15) is 63.3 Å². The third kappa shape index (κ3) is 11.5. The van der Waals surface area contributed by atoms with Crippen molar-refractivity contribution in [2.45, 2.75) is 100 Å². The molecule has 3 aromatic carbocycles. The Balaban J connectivity index is 1.22. The Bertz CT molecular complexity index is 2900. The summed E-state index contributed by atoms with van der Waals surface area (Å²) in [5.74, 6) is 1.31. The second-order valence-electron chi connectivity index (χ2n) is 18.9. The number of aromatic nitrogens is 4. The Morgan fingerprint density at radius 1 is 0.689 bits per heavy atom. The van der Waals surface area contributed by atoms with Crippen LogP contribution in [0.5, 0.6) is 11.5 Å². The van der Waals surface area contributed by atoms with Crippen molar-refractivity contribution >= 4 is 7.29 Å². The zero-order valence-corrected chi connectivity index (χ0v) is 44.2. The van der Waals surface area contributed by atoms with Gasteiger partial charge >= 0.3 is 11.4 Å². The molecule has 0 radical (unpaired) electrons. The third-order valence-corrected chi connectivity index (χ3v) is 18.2. The van der Waals surface area contributed by atoms with Crippen LogP contribution in [0, 0.1) is 11.3 Å². The van der Waals surface area contributed by atoms with Crippen LogP contribution in [-0.2, 0) is 38.6 Å². The zero-order valence-electron chi connectivity index (χ0n) is 43.3. The van der Waals surface area contributed by atoms with Crippen molar-refractivity contribution < 1.29 is 42.5 Å². The number of likely N-dealkylation sites (N-methyl/N-ethyl adjacent to an activating group) is 1. The molecule has 4 heterocycles. The van der Waals surface area contributed by atoms with Gasteiger partial charge in [-0.1, -0.05) is 82.3 Å². The molecular formula is C53H68N7O13P. The molecule has 8 atom stereocenters. The van der Waals surface area contributed by atoms with E-state index in [1.807, 2.05) is 123 Å². The number of hydrogen-bond acceptors (Lipinski definition) is 15. The number of nitrogens with one attached hydrogen (secondary N) is 2. The van der Waals surface area contributed by atoms with Gasteiger partial charge in [-0.25, -0.2) is 14.3 Å². The summed E-state index contributed by atoms with van der Waals surface area (Å²) in [6.45, 7) is 8.28. The van der Waals surface area contributed by atoms with E-state index < -0.39 is 84.4 Å². The van der Waals surface area contributed by atoms with Gasteiger partial charge in [0.1, 0.15) is 41.5 Å². The Labute approximate surface area is 430 Å². The molecule has 2 aliphatic heterocycles. The minimum atomic E-state index is -3.26. The van der Waals surface area contributed by atoms with Gasteiger partial charge in [0.05, 0.1) is 45.6 Å². The van der Waals surface area contributed by atoms with Crippen LogP contribution in [0.4, 0.5) is 0 Å². The number of H-pyrrole nitrogens is 2. The maximum atomic E-state index is 15.3. The van der Waals surface area contributed by atoms with Crippen LogP contribution in [0.3, 0.4) is 0 Å². The SMILES string of the molecule is COc1ccc(C(OC[C@H]2O[C@@H](n3ccc(=O)[nH]c3=O)[C@H](OC)[C@@H]2OCCN(C)C[C@H]2O[C@@H](n3ccc(=O)[nH]c3=O)[C@H](OC)[C@@H]2N(CCC#N)P(=O)(C(C)C)C(C)C)(c2ccccc2)c2ccc(OC)cc2)cc1. The van der Waals surface area contributed by atoms with E-state index in [2.05, 4.69) is 16.0 Å². The molecular weight excluding hydrogens is 974 g/mol. The Morgan fingerprint density at radius 3 is 1.66 bits per heavy atom. The van der Waals surface area contributed by atoms with E-state index in [1.165, 1.54) is 47.9 Å². The molecule has 0 aliphatic carbocycles. The van der Waals surface area contributed by atoms with Gasteiger partial charge in [-0.15, -0.1) is 0 Å². The average molecular weight is 1040 g/mol. The van der Waals surface area contributed by atoms with Gasteiger partial charge in [-0.05, 0) is 48.0 Å². The number of benzene rings is 3. The molecule has 2 N–H and O–H groups in total. The van der Waals surface area contributed by atoms with Crippen LogP contribution in [0.25, 0.3) is 0 Å². The summed E-state index contributed by atoms with van der Waals surface area (Å²) in [6.07, 6.45) is -3.52. The first kappa shape index (κ1) is 55.8. The first-order valence-electron chi connectivity index (χ1n) is 24.6. The lowest BCUT2D eigenvalue weighted by atomic mass is 9.80. The monoisotopic (exact) mass is 1040 g/mol. The van der Waals surface area contributed by atoms with Crippen molar-refractivity contribution in [1.29, 1.82) is 5.26 Å². The van der Waals surface area contributed by atoms with E-state index in [1.54, 1.807) is 14.2 Å². The molecule has 2 fully saturated rings. The lowest BCUT2D eigenvalue weighted by Gasteiger charge is -2.43. The van der Waals surface area contributed by atoms with Crippen molar-refractivity contribution in [3.05, 3.63) is 162 Å². The summed E-state index contributed by atoms with van der Waals surface area (Å²) < 4.78 is 70.6. The second-order valence-corrected chi connectivity index (χ2v) is 22.8. The van der Waals surface area contributed by atoms with E-state index in [9.17, 15) is 24.4 Å². The molecule has 0 saturated carbocycles. The summed E-state index contributed by atoms with van der Waals surface area (Å²) in [7, 11) is 4.79. The highest BCUT2D eigenvalue weighted by Gasteiger charge is 2.55. The molecule has 2 aliphatic rings. The lowest BCUT2D eigenvalue weighted by molar-refractivity contribution is -0.106. The number of nitriles is 1. The highest BCUT2D eigenvalue weighted by atomic mass is 31.2. The molecule has 0 bridgehead atoms. The first-order valence-corrected chi connectivity index (χ1v) is 26.4. The number of rotatable bonds is 24. The summed E-state index contributed by atoms with van der Waals surface area (Å²) in [6, 6.07) is 28.9. The molecule has 2 saturated heterocycles. The zero-order chi connectivity index (χ0) is 53.3. The summed E-state index contributed by atoms with van der Waals surface area (Å²) in [5, 5.41) is 9.85. The summed E-state index contributed by atoms with van der Waals surface area (Å²) in [5.41, 5.74) is -2.04. The second kappa shape index (κ2) is 24.6. The number of aromatic amines is 2. The fourth-order valence-electron chi connectivity index (χ4n) is 10.4. The van der Waals surface area contributed by atoms with Gasteiger partial charge in [0.15, 0.2) is 19.7 Å². The minimum Gasteiger partial charge on any atom is -0.497 e. The Morgan fingerprint density at radius 2 is 1.19 bits per heavy atom. The van der Waals surface area contributed by atoms with Crippen LogP contribution in [0.2, 0.25) is 0 Å². The van der Waals surface area contributed by atoms with E-state index in [0.29, 0.717) is 18.0 Å². The van der Waals surface area contributed by atoms with Crippen molar-refractivity contribution in [2.75, 3.05) is 68.3 Å². The molecule has 7 rings (SSSR count). The highest BCUT2D eigenvalue weighted by Crippen LogP contribution is 2.61. The maximum absolute atomic E-state index is 15.3. The number of ether oxygens (including phenoxy) is 8. The van der Waals surface area contributed by atoms with Crippen LogP contribution >= 0.6 is 7.29 Å². The van der Waals surface area contributed by atoms with Crippen molar-refractivity contribution in [1.82, 2.24) is 28.7 Å². The minimum absolute atomic E-state index is 0.0733. The van der Waals surface area contributed by atoms with Crippen molar-refractivity contribution in [3.8, 4) is 17.6 Å². The quantitative estimate of drug-likeness (QED) is 0.0616. The summed E-state index contributed by atoms with van der Waals surface area (Å²) in [4.78, 5) is 57.7. The van der Waals surface area contributed by atoms with E-state index in [0.717, 1.165) is 16.7 Å². The standard InChI is InChI=1S/C53H68N7O13P/c1-34(2)74(65,35(3)4)60(27-13-26-54)45-41(72-49(47(45)68-8)58-28-24-43(61)55-51(58)63)32-57(5)30-31-70-46-42(73-50(48(46)69-9)59-29-25-44(62)56-52(59)64)33-71-53(36-14-11-10-12-15-36,37-16-20-39(66-6)21-17-37)38-18-22-40(67-7)23-19-38/h10-12,14-25,28-29,34-35,41-42,45-50H,13,27,30-33H2,1-9H3,(H,55,61,63)(H,56,62,64)/t41-,42-,45-,46-,47-,48-,49-,50-/m1/s1. The summed E-state index contributed by atoms with van der Waals surface area (Å²) >= 11 is 0. The van der Waals surface area contributed by atoms with Gasteiger partial charge < -0.3 is 47.4 Å². The predicted molar refractivity (Wildman–Crippen MR) is 276 cm³/mol. The third-order valence-electron chi connectivity index (χ3n) is 14.0. The molecule has 5 aromatic rings. The van der Waals surface area contributed by atoms with Crippen LogP contribution < -0.4 is 32.0 Å². The van der Waals surface area contributed by atoms with Crippen LogP contribution in [-0.4, -0.2) is 145 Å². The lowest BCUT2D eigenvalue weighted by Crippen LogP contribution is -2.52. The highest BCUT2D eigenvalue weighted by molar-refractivity contribution is 7.62. The van der Waals surface area contributed by atoms with Gasteiger partial charge in [0.25, 0.3) is 11.1 Å². The molecule has 0 spiro atoms. The molecule has 20 nitrogen and oxygen atoms in total. The smallest absolute Gasteiger partial charge is 0.330 e. The molecule has 0 unspecified atom stereocenters. The van der Waals surface area contributed by atoms with Gasteiger partial charge in [-0.2, -0.15) is 5.26 Å². The molecule has 0 amide bonds. The Kier molecular flexibility index (Phi) is 18.5. The fourth-order valence-corrected chi connectivity index (χ4v) is 13.9. The number of hydrogen-bond donors (Lipinski definition) is 2. The van der Waals surface area contributed by atoms with Gasteiger partial charge in [0.2, 0.25) is 0 Å². The largest absolute Gasteiger partial charge is 0.497 e.